The lowest BCUT2D eigenvalue weighted by atomic mass is 10.1. The molecule has 0 spiro atoms. The molecule has 0 unspecified atom stereocenters. The Kier molecular flexibility index (Phi) is 3.92. The zero-order chi connectivity index (χ0) is 16.4. The Balaban J connectivity index is 1.82. The number of fused-ring (bicyclic) bond motifs is 1. The number of hydrogen-bond donors (Lipinski definition) is 2. The number of benzene rings is 2. The first kappa shape index (κ1) is 15.0. The monoisotopic (exact) mass is 318 g/mol. The quantitative estimate of drug-likeness (QED) is 0.894. The Morgan fingerprint density at radius 2 is 1.96 bits per heavy atom. The number of halogens is 2. The van der Waals surface area contributed by atoms with Crippen LogP contribution < -0.4 is 15.4 Å². The van der Waals surface area contributed by atoms with Crippen molar-refractivity contribution in [3.8, 4) is 5.75 Å². The SMILES string of the molecule is O=C1CCOc2ccc(C(=O)Nc3ccc(F)c(F)c3)cc2N1. The second kappa shape index (κ2) is 6.04. The maximum absolute atomic E-state index is 13.2. The van der Waals surface area contributed by atoms with Crippen LogP contribution in [0.5, 0.6) is 5.75 Å². The third-order valence-corrected chi connectivity index (χ3v) is 3.28. The molecule has 1 heterocycles. The van der Waals surface area contributed by atoms with E-state index in [0.29, 0.717) is 11.4 Å². The number of carbonyl (C=O) groups excluding carboxylic acids is 2. The predicted octanol–water partition coefficient (Wildman–Crippen LogP) is 2.94. The molecule has 1 aliphatic rings. The molecule has 23 heavy (non-hydrogen) atoms. The Labute approximate surface area is 130 Å². The summed E-state index contributed by atoms with van der Waals surface area (Å²) in [6.45, 7) is 0.263. The van der Waals surface area contributed by atoms with Crippen molar-refractivity contribution in [2.45, 2.75) is 6.42 Å². The van der Waals surface area contributed by atoms with Crippen molar-refractivity contribution >= 4 is 23.2 Å². The second-order valence-corrected chi connectivity index (χ2v) is 4.94. The van der Waals surface area contributed by atoms with Gasteiger partial charge in [-0.1, -0.05) is 0 Å². The molecular weight excluding hydrogens is 306 g/mol. The Morgan fingerprint density at radius 1 is 1.13 bits per heavy atom. The van der Waals surface area contributed by atoms with Gasteiger partial charge in [-0.15, -0.1) is 0 Å². The highest BCUT2D eigenvalue weighted by Crippen LogP contribution is 2.28. The largest absolute Gasteiger partial charge is 0.491 e. The zero-order valence-corrected chi connectivity index (χ0v) is 11.9. The van der Waals surface area contributed by atoms with E-state index < -0.39 is 17.5 Å². The molecule has 1 aliphatic heterocycles. The lowest BCUT2D eigenvalue weighted by Gasteiger charge is -2.10. The molecule has 2 aromatic carbocycles. The summed E-state index contributed by atoms with van der Waals surface area (Å²) in [4.78, 5) is 23.7. The van der Waals surface area contributed by atoms with Gasteiger partial charge in [0.15, 0.2) is 11.6 Å². The zero-order valence-electron chi connectivity index (χ0n) is 11.9. The molecule has 0 aromatic heterocycles. The molecule has 0 bridgehead atoms. The molecule has 7 heteroatoms. The van der Waals surface area contributed by atoms with E-state index in [9.17, 15) is 18.4 Å². The van der Waals surface area contributed by atoms with E-state index in [1.165, 1.54) is 18.2 Å². The van der Waals surface area contributed by atoms with Crippen molar-refractivity contribution in [1.82, 2.24) is 0 Å². The van der Waals surface area contributed by atoms with E-state index in [2.05, 4.69) is 10.6 Å². The molecule has 0 fully saturated rings. The van der Waals surface area contributed by atoms with E-state index in [-0.39, 0.29) is 30.2 Å². The Hall–Kier alpha value is -2.96. The van der Waals surface area contributed by atoms with E-state index in [0.717, 1.165) is 12.1 Å². The van der Waals surface area contributed by atoms with Gasteiger partial charge in [-0.25, -0.2) is 8.78 Å². The molecule has 0 saturated heterocycles. The number of nitrogens with one attached hydrogen (secondary N) is 2. The van der Waals surface area contributed by atoms with Crippen LogP contribution in [-0.4, -0.2) is 18.4 Å². The number of anilines is 2. The van der Waals surface area contributed by atoms with Gasteiger partial charge in [0.1, 0.15) is 5.75 Å². The van der Waals surface area contributed by atoms with E-state index in [1.807, 2.05) is 0 Å². The van der Waals surface area contributed by atoms with Gasteiger partial charge in [-0.3, -0.25) is 9.59 Å². The first-order valence-electron chi connectivity index (χ1n) is 6.86. The number of carbonyl (C=O) groups is 2. The van der Waals surface area contributed by atoms with Crippen LogP contribution in [0.3, 0.4) is 0 Å². The van der Waals surface area contributed by atoms with Crippen molar-refractivity contribution in [2.24, 2.45) is 0 Å². The summed E-state index contributed by atoms with van der Waals surface area (Å²) in [5, 5.41) is 5.11. The summed E-state index contributed by atoms with van der Waals surface area (Å²) in [6.07, 6.45) is 0.227. The lowest BCUT2D eigenvalue weighted by molar-refractivity contribution is -0.116. The van der Waals surface area contributed by atoms with Gasteiger partial charge in [-0.2, -0.15) is 0 Å². The van der Waals surface area contributed by atoms with Crippen LogP contribution in [0.1, 0.15) is 16.8 Å². The van der Waals surface area contributed by atoms with Crippen molar-refractivity contribution in [2.75, 3.05) is 17.2 Å². The highest BCUT2D eigenvalue weighted by atomic mass is 19.2. The molecule has 5 nitrogen and oxygen atoms in total. The van der Waals surface area contributed by atoms with Gasteiger partial charge < -0.3 is 15.4 Å². The van der Waals surface area contributed by atoms with Gasteiger partial charge in [0, 0.05) is 17.3 Å². The summed E-state index contributed by atoms with van der Waals surface area (Å²) >= 11 is 0. The minimum Gasteiger partial charge on any atom is -0.491 e. The molecular formula is C16H12F2N2O3. The van der Waals surface area contributed by atoms with Gasteiger partial charge in [0.2, 0.25) is 5.91 Å². The highest BCUT2D eigenvalue weighted by molar-refractivity contribution is 6.05. The topological polar surface area (TPSA) is 67.4 Å². The molecule has 0 atom stereocenters. The number of amides is 2. The smallest absolute Gasteiger partial charge is 0.255 e. The lowest BCUT2D eigenvalue weighted by Crippen LogP contribution is -2.14. The van der Waals surface area contributed by atoms with Crippen LogP contribution in [0, 0.1) is 11.6 Å². The summed E-state index contributed by atoms with van der Waals surface area (Å²) in [5.41, 5.74) is 0.772. The molecule has 118 valence electrons. The highest BCUT2D eigenvalue weighted by Gasteiger charge is 2.16. The van der Waals surface area contributed by atoms with Crippen LogP contribution in [0.25, 0.3) is 0 Å². The fourth-order valence-electron chi connectivity index (χ4n) is 2.14. The van der Waals surface area contributed by atoms with Crippen LogP contribution in [0.15, 0.2) is 36.4 Å². The van der Waals surface area contributed by atoms with Crippen molar-refractivity contribution < 1.29 is 23.1 Å². The molecule has 2 N–H and O–H groups in total. The van der Waals surface area contributed by atoms with Crippen LogP contribution in [-0.2, 0) is 4.79 Å². The maximum Gasteiger partial charge on any atom is 0.255 e. The molecule has 3 rings (SSSR count). The first-order chi connectivity index (χ1) is 11.0. The molecule has 2 amide bonds. The van der Waals surface area contributed by atoms with Gasteiger partial charge in [-0.05, 0) is 30.3 Å². The van der Waals surface area contributed by atoms with Crippen molar-refractivity contribution in [3.63, 3.8) is 0 Å². The number of hydrogen-bond acceptors (Lipinski definition) is 3. The first-order valence-corrected chi connectivity index (χ1v) is 6.86. The summed E-state index contributed by atoms with van der Waals surface area (Å²) in [7, 11) is 0. The predicted molar refractivity (Wildman–Crippen MR) is 79.5 cm³/mol. The fraction of sp³-hybridized carbons (Fsp3) is 0.125. The average Bonchev–Trinajstić information content (AvgIpc) is 2.70. The fourth-order valence-corrected chi connectivity index (χ4v) is 2.14. The molecule has 2 aromatic rings. The summed E-state index contributed by atoms with van der Waals surface area (Å²) in [6, 6.07) is 7.63. The summed E-state index contributed by atoms with van der Waals surface area (Å²) < 4.78 is 31.4. The minimum atomic E-state index is -1.05. The Morgan fingerprint density at radius 3 is 2.74 bits per heavy atom. The van der Waals surface area contributed by atoms with E-state index >= 15 is 0 Å². The third kappa shape index (κ3) is 3.28. The average molecular weight is 318 g/mol. The second-order valence-electron chi connectivity index (χ2n) is 4.94. The standard InChI is InChI=1S/C16H12F2N2O3/c17-11-3-2-10(8-12(11)18)19-16(22)9-1-4-14-13(7-9)20-15(21)5-6-23-14/h1-4,7-8H,5-6H2,(H,19,22)(H,20,21). The van der Waals surface area contributed by atoms with E-state index in [4.69, 9.17) is 4.74 Å². The van der Waals surface area contributed by atoms with Gasteiger partial charge >= 0.3 is 0 Å². The molecule has 0 radical (unpaired) electrons. The minimum absolute atomic E-state index is 0.129. The number of rotatable bonds is 2. The maximum atomic E-state index is 13.2. The van der Waals surface area contributed by atoms with Crippen molar-refractivity contribution in [3.05, 3.63) is 53.6 Å². The normalized spacial score (nSPS) is 13.4. The summed E-state index contributed by atoms with van der Waals surface area (Å²) in [5.74, 6) is -2.29. The van der Waals surface area contributed by atoms with Crippen LogP contribution in [0.2, 0.25) is 0 Å². The van der Waals surface area contributed by atoms with E-state index in [1.54, 1.807) is 6.07 Å². The number of ether oxygens (including phenoxy) is 1. The Bertz CT molecular complexity index is 793. The third-order valence-electron chi connectivity index (χ3n) is 3.28. The molecule has 0 aliphatic carbocycles. The van der Waals surface area contributed by atoms with Gasteiger partial charge in [0.05, 0.1) is 18.7 Å². The van der Waals surface area contributed by atoms with Crippen molar-refractivity contribution in [1.29, 1.82) is 0 Å². The van der Waals surface area contributed by atoms with Gasteiger partial charge in [0.25, 0.3) is 5.91 Å². The molecule has 0 saturated carbocycles. The van der Waals surface area contributed by atoms with Crippen LogP contribution >= 0.6 is 0 Å². The van der Waals surface area contributed by atoms with Crippen LogP contribution in [0.4, 0.5) is 20.2 Å².